The van der Waals surface area contributed by atoms with Crippen LogP contribution in [0.15, 0.2) is 71.7 Å². The van der Waals surface area contributed by atoms with Gasteiger partial charge in [-0.25, -0.2) is 14.2 Å². The summed E-state index contributed by atoms with van der Waals surface area (Å²) in [6.45, 7) is 7.71. The normalized spacial score (nSPS) is 11.2. The molecule has 178 valence electrons. The van der Waals surface area contributed by atoms with E-state index < -0.39 is 17.1 Å². The van der Waals surface area contributed by atoms with Gasteiger partial charge in [0.25, 0.3) is 0 Å². The molecule has 0 unspecified atom stereocenters. The molecule has 0 bridgehead atoms. The van der Waals surface area contributed by atoms with Gasteiger partial charge in [0.15, 0.2) is 5.82 Å². The third-order valence-corrected chi connectivity index (χ3v) is 5.20. The van der Waals surface area contributed by atoms with Crippen LogP contribution in [-0.2, 0) is 4.74 Å². The molecule has 1 amide bonds. The second kappa shape index (κ2) is 9.39. The Morgan fingerprint density at radius 1 is 1.09 bits per heavy atom. The first kappa shape index (κ1) is 23.6. The van der Waals surface area contributed by atoms with Gasteiger partial charge in [0, 0.05) is 6.20 Å². The lowest BCUT2D eigenvalue weighted by molar-refractivity contribution is 0.0597. The summed E-state index contributed by atoms with van der Waals surface area (Å²) in [6, 6.07) is 19.5. The average Bonchev–Trinajstić information content (AvgIpc) is 3.29. The lowest BCUT2D eigenvalue weighted by Crippen LogP contribution is -2.36. The maximum absolute atomic E-state index is 13.7. The molecule has 0 aliphatic heterocycles. The molecule has 0 aliphatic rings. The molecule has 2 heterocycles. The number of hydrogen-bond acceptors (Lipinski definition) is 5. The molecule has 8 heteroatoms. The van der Waals surface area contributed by atoms with Crippen molar-refractivity contribution in [2.24, 2.45) is 0 Å². The number of carbonyl (C=O) groups is 1. The first-order chi connectivity index (χ1) is 16.7. The minimum Gasteiger partial charge on any atom is -0.494 e. The van der Waals surface area contributed by atoms with Gasteiger partial charge < -0.3 is 9.47 Å². The molecule has 8 nitrogen and oxygen atoms in total. The largest absolute Gasteiger partial charge is 0.494 e. The van der Waals surface area contributed by atoms with E-state index in [0.717, 1.165) is 0 Å². The number of nitrogens with zero attached hydrogens (tertiary/aromatic N) is 3. The minimum absolute atomic E-state index is 0.0234. The van der Waals surface area contributed by atoms with Gasteiger partial charge in [-0.05, 0) is 63.6 Å². The van der Waals surface area contributed by atoms with Gasteiger partial charge in [-0.3, -0.25) is 9.89 Å². The van der Waals surface area contributed by atoms with Crippen LogP contribution in [0.2, 0.25) is 0 Å². The van der Waals surface area contributed by atoms with E-state index in [9.17, 15) is 14.9 Å². The van der Waals surface area contributed by atoms with Gasteiger partial charge in [-0.2, -0.15) is 5.26 Å². The number of carbonyl (C=O) groups excluding carboxylic acids is 1. The van der Waals surface area contributed by atoms with Crippen LogP contribution in [0.1, 0.15) is 33.3 Å². The Balaban J connectivity index is 2.08. The average molecular weight is 471 g/mol. The molecule has 2 aromatic carbocycles. The predicted molar refractivity (Wildman–Crippen MR) is 134 cm³/mol. The van der Waals surface area contributed by atoms with Gasteiger partial charge in [0.05, 0.1) is 23.4 Å². The molecule has 0 atom stereocenters. The highest BCUT2D eigenvalue weighted by Gasteiger charge is 2.32. The number of amides is 1. The van der Waals surface area contributed by atoms with Crippen molar-refractivity contribution in [3.8, 4) is 22.9 Å². The number of nitrogens with one attached hydrogen (secondary N) is 1. The Kier molecular flexibility index (Phi) is 6.34. The molecule has 4 aromatic rings. The van der Waals surface area contributed by atoms with Crippen molar-refractivity contribution in [1.29, 1.82) is 5.26 Å². The summed E-state index contributed by atoms with van der Waals surface area (Å²) in [5, 5.41) is 12.9. The van der Waals surface area contributed by atoms with Crippen LogP contribution >= 0.6 is 0 Å². The number of fused-ring (bicyclic) bond motifs is 1. The maximum Gasteiger partial charge on any atom is 0.420 e. The lowest BCUT2D eigenvalue weighted by atomic mass is 10.0. The standard InChI is InChI=1S/C27H26N4O4/c1-5-34-20-13-11-19(12-14-20)30(26(33)35-27(2,3)4)25-23(18-9-7-6-8-10-18)24(32)21(17-28)22-15-16-29-31(22)25/h6-16,29H,5H2,1-4H3. The minimum atomic E-state index is -0.792. The topological polar surface area (TPSA) is 99.8 Å². The maximum atomic E-state index is 13.7. The number of aromatic amines is 1. The van der Waals surface area contributed by atoms with E-state index >= 15 is 0 Å². The highest BCUT2D eigenvalue weighted by molar-refractivity contribution is 6.00. The number of pyridine rings is 1. The molecular formula is C27H26N4O4. The van der Waals surface area contributed by atoms with Gasteiger partial charge in [-0.15, -0.1) is 0 Å². The molecule has 0 saturated carbocycles. The second-order valence-electron chi connectivity index (χ2n) is 8.81. The summed E-state index contributed by atoms with van der Waals surface area (Å²) >= 11 is 0. The van der Waals surface area contributed by atoms with Crippen LogP contribution in [0, 0.1) is 11.3 Å². The zero-order valence-corrected chi connectivity index (χ0v) is 20.0. The molecule has 0 spiro atoms. The molecule has 35 heavy (non-hydrogen) atoms. The van der Waals surface area contributed by atoms with Crippen LogP contribution < -0.4 is 15.1 Å². The number of H-pyrrole nitrogens is 1. The van der Waals surface area contributed by atoms with E-state index in [1.165, 1.54) is 4.90 Å². The van der Waals surface area contributed by atoms with E-state index in [2.05, 4.69) is 5.10 Å². The third kappa shape index (κ3) is 4.62. The quantitative estimate of drug-likeness (QED) is 0.407. The first-order valence-corrected chi connectivity index (χ1v) is 11.2. The van der Waals surface area contributed by atoms with Crippen LogP contribution in [0.3, 0.4) is 0 Å². The monoisotopic (exact) mass is 470 g/mol. The Hall–Kier alpha value is -4.51. The highest BCUT2D eigenvalue weighted by atomic mass is 16.6. The van der Waals surface area contributed by atoms with Gasteiger partial charge in [0.1, 0.15) is 23.0 Å². The Labute approximate surface area is 202 Å². The second-order valence-corrected chi connectivity index (χ2v) is 8.81. The Bertz CT molecular complexity index is 1460. The van der Waals surface area contributed by atoms with Crippen molar-refractivity contribution in [3.05, 3.63) is 82.6 Å². The molecule has 4 rings (SSSR count). The zero-order valence-electron chi connectivity index (χ0n) is 20.0. The molecule has 2 aromatic heterocycles. The van der Waals surface area contributed by atoms with E-state index in [1.807, 2.05) is 19.1 Å². The summed E-state index contributed by atoms with van der Waals surface area (Å²) in [5.74, 6) is 0.879. The summed E-state index contributed by atoms with van der Waals surface area (Å²) in [4.78, 5) is 28.7. The number of ether oxygens (including phenoxy) is 2. The van der Waals surface area contributed by atoms with Crippen molar-refractivity contribution in [2.75, 3.05) is 11.5 Å². The number of hydrogen-bond donors (Lipinski definition) is 1. The van der Waals surface area contributed by atoms with Gasteiger partial charge in [-0.1, -0.05) is 30.3 Å². The SMILES string of the molecule is CCOc1ccc(N(C(=O)OC(C)(C)C)c2c(-c3ccccc3)c(=O)c(C#N)c3cc[nH]n23)cc1. The third-order valence-electron chi connectivity index (χ3n) is 5.20. The number of nitriles is 1. The smallest absolute Gasteiger partial charge is 0.420 e. The number of aromatic nitrogens is 2. The van der Waals surface area contributed by atoms with Crippen LogP contribution in [0.25, 0.3) is 16.6 Å². The van der Waals surface area contributed by atoms with E-state index in [-0.39, 0.29) is 16.9 Å². The summed E-state index contributed by atoms with van der Waals surface area (Å²) in [5.41, 5.74) is 0.283. The van der Waals surface area contributed by atoms with E-state index in [1.54, 1.807) is 86.1 Å². The lowest BCUT2D eigenvalue weighted by Gasteiger charge is -2.29. The summed E-state index contributed by atoms with van der Waals surface area (Å²) in [7, 11) is 0. The highest BCUT2D eigenvalue weighted by Crippen LogP contribution is 2.36. The number of anilines is 2. The van der Waals surface area contributed by atoms with Crippen LogP contribution in [0.5, 0.6) is 5.75 Å². The summed E-state index contributed by atoms with van der Waals surface area (Å²) in [6.07, 6.45) is 0.936. The number of rotatable bonds is 5. The fourth-order valence-electron chi connectivity index (χ4n) is 3.82. The molecule has 0 saturated heterocycles. The van der Waals surface area contributed by atoms with Crippen molar-refractivity contribution in [2.45, 2.75) is 33.3 Å². The van der Waals surface area contributed by atoms with Crippen molar-refractivity contribution in [3.63, 3.8) is 0 Å². The van der Waals surface area contributed by atoms with Crippen molar-refractivity contribution < 1.29 is 14.3 Å². The Morgan fingerprint density at radius 3 is 2.37 bits per heavy atom. The molecule has 0 fully saturated rings. The van der Waals surface area contributed by atoms with E-state index in [4.69, 9.17) is 9.47 Å². The molecule has 0 aliphatic carbocycles. The van der Waals surface area contributed by atoms with Crippen LogP contribution in [-0.4, -0.2) is 27.9 Å². The van der Waals surface area contributed by atoms with Gasteiger partial charge in [0.2, 0.25) is 5.43 Å². The zero-order chi connectivity index (χ0) is 25.2. The number of benzene rings is 2. The van der Waals surface area contributed by atoms with Gasteiger partial charge >= 0.3 is 6.09 Å². The van der Waals surface area contributed by atoms with E-state index in [0.29, 0.717) is 29.1 Å². The summed E-state index contributed by atoms with van der Waals surface area (Å²) < 4.78 is 12.9. The molecule has 1 N–H and O–H groups in total. The predicted octanol–water partition coefficient (Wildman–Crippen LogP) is 5.64. The van der Waals surface area contributed by atoms with Crippen LogP contribution in [0.4, 0.5) is 16.3 Å². The first-order valence-electron chi connectivity index (χ1n) is 11.2. The molecule has 0 radical (unpaired) electrons. The molecular weight excluding hydrogens is 444 g/mol. The van der Waals surface area contributed by atoms with Crippen molar-refractivity contribution in [1.82, 2.24) is 9.61 Å². The van der Waals surface area contributed by atoms with Crippen molar-refractivity contribution >= 4 is 23.1 Å². The fourth-order valence-corrected chi connectivity index (χ4v) is 3.82. The fraction of sp³-hybridized carbons (Fsp3) is 0.222. The Morgan fingerprint density at radius 2 is 1.77 bits per heavy atom.